The van der Waals surface area contributed by atoms with Crippen molar-refractivity contribution in [1.82, 2.24) is 30.1 Å². The van der Waals surface area contributed by atoms with Crippen LogP contribution in [-0.4, -0.2) is 74.1 Å². The number of nitrogens with one attached hydrogen (secondary N) is 1. The van der Waals surface area contributed by atoms with Gasteiger partial charge in [0, 0.05) is 56.1 Å². The highest BCUT2D eigenvalue weighted by Gasteiger charge is 2.35. The minimum absolute atomic E-state index is 0.262. The Balaban J connectivity index is 0.930. The summed E-state index contributed by atoms with van der Waals surface area (Å²) in [5.74, 6) is 0.605. The number of benzene rings is 2. The van der Waals surface area contributed by atoms with Gasteiger partial charge < -0.3 is 9.84 Å². The fourth-order valence-electron chi connectivity index (χ4n) is 6.76. The fourth-order valence-corrected chi connectivity index (χ4v) is 6.76. The van der Waals surface area contributed by atoms with Crippen LogP contribution in [0.15, 0.2) is 73.2 Å². The quantitative estimate of drug-likeness (QED) is 0.171. The predicted octanol–water partition coefficient (Wildman–Crippen LogP) is 4.74. The van der Waals surface area contributed by atoms with Crippen LogP contribution < -0.4 is 10.1 Å². The van der Waals surface area contributed by atoms with Crippen LogP contribution in [0.3, 0.4) is 0 Å². The second-order valence-electron chi connectivity index (χ2n) is 13.5. The van der Waals surface area contributed by atoms with Crippen LogP contribution in [0.25, 0.3) is 11.3 Å². The largest absolute Gasteiger partial charge is 0.423 e. The number of carbonyl (C=O) groups is 3. The third kappa shape index (κ3) is 7.59. The van der Waals surface area contributed by atoms with Crippen molar-refractivity contribution >= 4 is 18.1 Å². The van der Waals surface area contributed by atoms with Crippen molar-refractivity contribution in [1.29, 1.82) is 0 Å². The van der Waals surface area contributed by atoms with Crippen molar-refractivity contribution < 1.29 is 24.2 Å². The number of amides is 2. The van der Waals surface area contributed by atoms with Crippen molar-refractivity contribution in [2.24, 2.45) is 0 Å². The number of aldehydes is 1. The highest BCUT2D eigenvalue weighted by atomic mass is 16.5. The van der Waals surface area contributed by atoms with Crippen LogP contribution >= 0.6 is 0 Å². The van der Waals surface area contributed by atoms with E-state index < -0.39 is 11.6 Å². The number of carbonyl (C=O) groups excluding carboxylic acids is 3. The van der Waals surface area contributed by atoms with E-state index in [4.69, 9.17) is 4.74 Å². The monoisotopic (exact) mass is 660 g/mol. The lowest BCUT2D eigenvalue weighted by Crippen LogP contribution is -2.51. The molecule has 2 aromatic heterocycles. The Morgan fingerprint density at radius 2 is 1.73 bits per heavy atom. The fraction of sp³-hybridized carbons (Fsp3) is 0.368. The molecule has 4 heterocycles. The van der Waals surface area contributed by atoms with Gasteiger partial charge in [0.2, 0.25) is 11.8 Å². The van der Waals surface area contributed by atoms with Crippen LogP contribution in [0, 0.1) is 0 Å². The maximum Gasteiger partial charge on any atom is 0.321 e. The molecular weight excluding hydrogens is 620 g/mol. The molecule has 1 atom stereocenters. The highest BCUT2D eigenvalue weighted by Crippen LogP contribution is 2.39. The Kier molecular flexibility index (Phi) is 9.31. The van der Waals surface area contributed by atoms with E-state index in [1.165, 1.54) is 18.4 Å². The Labute approximate surface area is 285 Å². The molecule has 0 bridgehead atoms. The van der Waals surface area contributed by atoms with E-state index in [2.05, 4.69) is 49.4 Å². The zero-order valence-electron chi connectivity index (χ0n) is 27.5. The third-order valence-corrected chi connectivity index (χ3v) is 9.95. The topological polar surface area (TPSA) is 138 Å². The maximum absolute atomic E-state index is 12.4. The Hall–Kier alpha value is -4.84. The van der Waals surface area contributed by atoms with Gasteiger partial charge in [0.1, 0.15) is 12.0 Å². The lowest BCUT2D eigenvalue weighted by Gasteiger charge is -2.39. The summed E-state index contributed by atoms with van der Waals surface area (Å²) in [6.07, 6.45) is 10.4. The van der Waals surface area contributed by atoms with Crippen LogP contribution in [0.1, 0.15) is 77.1 Å². The van der Waals surface area contributed by atoms with Gasteiger partial charge in [-0.15, -0.1) is 0 Å². The number of rotatable bonds is 11. The Morgan fingerprint density at radius 1 is 0.980 bits per heavy atom. The molecule has 0 radical (unpaired) electrons. The van der Waals surface area contributed by atoms with Crippen molar-refractivity contribution in [2.75, 3.05) is 20.1 Å². The van der Waals surface area contributed by atoms with Crippen molar-refractivity contribution in [2.45, 2.75) is 69.2 Å². The number of nitrogens with zero attached hydrogens (tertiary/aromatic N) is 5. The molecule has 11 heteroatoms. The second-order valence-corrected chi connectivity index (χ2v) is 13.5. The molecule has 49 heavy (non-hydrogen) atoms. The molecule has 252 valence electrons. The van der Waals surface area contributed by atoms with Gasteiger partial charge in [-0.2, -0.15) is 0 Å². The maximum atomic E-state index is 12.4. The number of likely N-dealkylation sites (N-methyl/N-ethyl adjacent to an activating group) is 1. The van der Waals surface area contributed by atoms with E-state index in [9.17, 15) is 19.5 Å². The van der Waals surface area contributed by atoms with Crippen LogP contribution in [0.2, 0.25) is 0 Å². The summed E-state index contributed by atoms with van der Waals surface area (Å²) in [7, 11) is 1.81. The number of aliphatic hydroxyl groups is 1. The Bertz CT molecular complexity index is 1820. The molecule has 3 fully saturated rings. The van der Waals surface area contributed by atoms with Crippen molar-refractivity contribution in [3.63, 3.8) is 0 Å². The molecule has 4 aromatic rings. The second kappa shape index (κ2) is 13.9. The molecule has 1 aliphatic carbocycles. The number of piperidine rings is 2. The van der Waals surface area contributed by atoms with Gasteiger partial charge in [-0.25, -0.2) is 9.97 Å². The standard InChI is InChI=1S/C38H40N6O5/c1-43(34-12-13-35(46)42-36(34)47)23-29-18-31(9-8-28(29)24-45)38(48)14-16-44(17-15-38)22-25-2-4-27(5-3-25)33-11-10-32(21-39-33)49-37-40-19-30(20-41-37)26-6-7-26/h2-5,8-11,18-21,24,26,34,48H,6-7,12-17,22-23H2,1H3,(H,42,46,47). The van der Waals surface area contributed by atoms with Gasteiger partial charge in [0.15, 0.2) is 0 Å². The van der Waals surface area contributed by atoms with Gasteiger partial charge in [0.25, 0.3) is 0 Å². The van der Waals surface area contributed by atoms with Crippen molar-refractivity contribution in [3.8, 4) is 23.0 Å². The summed E-state index contributed by atoms with van der Waals surface area (Å²) < 4.78 is 5.78. The van der Waals surface area contributed by atoms with Gasteiger partial charge in [-0.05, 0) is 79.5 Å². The van der Waals surface area contributed by atoms with Crippen molar-refractivity contribution in [3.05, 3.63) is 101 Å². The molecular formula is C38H40N6O5. The molecule has 2 amide bonds. The molecule has 2 aromatic carbocycles. The summed E-state index contributed by atoms with van der Waals surface area (Å²) in [5.41, 5.74) is 5.22. The Morgan fingerprint density at radius 3 is 2.39 bits per heavy atom. The minimum atomic E-state index is -1.02. The molecule has 0 spiro atoms. The average Bonchev–Trinajstić information content (AvgIpc) is 3.96. The summed E-state index contributed by atoms with van der Waals surface area (Å²) in [6.45, 7) is 2.55. The number of likely N-dealkylation sites (tertiary alicyclic amines) is 1. The van der Waals surface area contributed by atoms with Crippen LogP contribution in [0.5, 0.6) is 11.8 Å². The molecule has 3 aliphatic rings. The zero-order valence-corrected chi connectivity index (χ0v) is 27.5. The summed E-state index contributed by atoms with van der Waals surface area (Å²) in [6, 6.07) is 17.5. The third-order valence-electron chi connectivity index (χ3n) is 9.95. The summed E-state index contributed by atoms with van der Waals surface area (Å²) in [5, 5.41) is 14.1. The molecule has 7 rings (SSSR count). The smallest absolute Gasteiger partial charge is 0.321 e. The molecule has 2 N–H and O–H groups in total. The van der Waals surface area contributed by atoms with E-state index in [1.54, 1.807) is 12.3 Å². The highest BCUT2D eigenvalue weighted by molar-refractivity contribution is 6.00. The average molecular weight is 661 g/mol. The summed E-state index contributed by atoms with van der Waals surface area (Å²) >= 11 is 0. The van der Waals surface area contributed by atoms with E-state index in [0.29, 0.717) is 49.0 Å². The normalized spacial score (nSPS) is 19.4. The molecule has 11 nitrogen and oxygen atoms in total. The first-order chi connectivity index (χ1) is 23.8. The number of hydrogen-bond donors (Lipinski definition) is 2. The predicted molar refractivity (Wildman–Crippen MR) is 182 cm³/mol. The lowest BCUT2D eigenvalue weighted by atomic mass is 9.83. The SMILES string of the molecule is CN(Cc1cc(C2(O)CCN(Cc3ccc(-c4ccc(Oc5ncc(C6CC6)cn5)cn4)cc3)CC2)ccc1C=O)C1CCC(=O)NC1=O. The number of aromatic nitrogens is 3. The summed E-state index contributed by atoms with van der Waals surface area (Å²) in [4.78, 5) is 53.2. The first kappa shape index (κ1) is 32.7. The lowest BCUT2D eigenvalue weighted by molar-refractivity contribution is -0.137. The zero-order chi connectivity index (χ0) is 34.0. The molecule has 2 saturated heterocycles. The molecule has 1 unspecified atom stereocenters. The van der Waals surface area contributed by atoms with E-state index >= 15 is 0 Å². The van der Waals surface area contributed by atoms with Gasteiger partial charge in [0.05, 0.1) is 23.5 Å². The first-order valence-electron chi connectivity index (χ1n) is 16.9. The van der Waals surface area contributed by atoms with E-state index in [-0.39, 0.29) is 18.2 Å². The molecule has 1 saturated carbocycles. The number of imide groups is 1. The van der Waals surface area contributed by atoms with E-state index in [0.717, 1.165) is 53.9 Å². The number of hydrogen-bond acceptors (Lipinski definition) is 10. The minimum Gasteiger partial charge on any atom is -0.423 e. The molecule has 2 aliphatic heterocycles. The van der Waals surface area contributed by atoms with Crippen LogP contribution in [0.4, 0.5) is 0 Å². The van der Waals surface area contributed by atoms with Gasteiger partial charge in [-0.1, -0.05) is 42.5 Å². The van der Waals surface area contributed by atoms with Crippen LogP contribution in [-0.2, 0) is 28.3 Å². The first-order valence-corrected chi connectivity index (χ1v) is 16.9. The number of ether oxygens (including phenoxy) is 1. The van der Waals surface area contributed by atoms with E-state index in [1.807, 2.05) is 48.6 Å². The van der Waals surface area contributed by atoms with Gasteiger partial charge in [-0.3, -0.25) is 34.5 Å². The number of pyridine rings is 1. The van der Waals surface area contributed by atoms with Gasteiger partial charge >= 0.3 is 6.01 Å².